The second-order valence-electron chi connectivity index (χ2n) is 7.49. The molecule has 0 radical (unpaired) electrons. The molecule has 3 aromatic rings. The summed E-state index contributed by atoms with van der Waals surface area (Å²) in [6.07, 6.45) is 0. The number of benzene rings is 3. The topological polar surface area (TPSA) is 103 Å². The molecule has 10 heteroatoms. The van der Waals surface area contributed by atoms with E-state index in [0.29, 0.717) is 0 Å². The third-order valence-corrected chi connectivity index (χ3v) is 5.05. The molecule has 0 aliphatic rings. The first kappa shape index (κ1) is 26.1. The lowest BCUT2D eigenvalue weighted by atomic mass is 10.1. The van der Waals surface area contributed by atoms with Crippen LogP contribution in [0.1, 0.15) is 39.2 Å². The monoisotopic (exact) mass is 498 g/mol. The van der Waals surface area contributed by atoms with Gasteiger partial charge < -0.3 is 24.8 Å². The summed E-state index contributed by atoms with van der Waals surface area (Å²) >= 11 is 0. The molecule has 0 aromatic heterocycles. The van der Waals surface area contributed by atoms with Gasteiger partial charge in [-0.1, -0.05) is 48.5 Å². The maximum atomic E-state index is 12.8. The number of hydrogen-bond acceptors (Lipinski definition) is 6. The molecule has 188 valence electrons. The Bertz CT molecular complexity index is 1220. The van der Waals surface area contributed by atoms with E-state index in [0.717, 1.165) is 5.56 Å². The molecule has 0 aliphatic carbocycles. The lowest BCUT2D eigenvalue weighted by molar-refractivity contribution is -0.119. The first-order valence-corrected chi connectivity index (χ1v) is 10.8. The van der Waals surface area contributed by atoms with E-state index in [9.17, 15) is 23.2 Å². The van der Waals surface area contributed by atoms with E-state index < -0.39 is 36.8 Å². The van der Waals surface area contributed by atoms with E-state index >= 15 is 0 Å². The molecule has 0 heterocycles. The van der Waals surface area contributed by atoms with Gasteiger partial charge in [-0.2, -0.15) is 8.78 Å². The van der Waals surface area contributed by atoms with Gasteiger partial charge in [0.05, 0.1) is 24.4 Å². The van der Waals surface area contributed by atoms with Crippen molar-refractivity contribution in [1.29, 1.82) is 0 Å². The SMILES string of the molecule is COc1cccc(C(=O)OCC(=O)Nc2ccccc2C(=O)NC(C)c2ccccc2)c1OC(F)F. The predicted octanol–water partition coefficient (Wildman–Crippen LogP) is 4.58. The molecule has 0 spiro atoms. The summed E-state index contributed by atoms with van der Waals surface area (Å²) in [5, 5.41) is 5.40. The molecular weight excluding hydrogens is 474 g/mol. The average Bonchev–Trinajstić information content (AvgIpc) is 2.87. The normalized spacial score (nSPS) is 11.4. The quantitative estimate of drug-likeness (QED) is 0.397. The number of esters is 1. The van der Waals surface area contributed by atoms with Gasteiger partial charge in [-0.3, -0.25) is 9.59 Å². The lowest BCUT2D eigenvalue weighted by Gasteiger charge is -2.16. The smallest absolute Gasteiger partial charge is 0.387 e. The highest BCUT2D eigenvalue weighted by Gasteiger charge is 2.22. The predicted molar refractivity (Wildman–Crippen MR) is 127 cm³/mol. The van der Waals surface area contributed by atoms with E-state index in [1.54, 1.807) is 18.2 Å². The van der Waals surface area contributed by atoms with Crippen LogP contribution in [-0.4, -0.2) is 38.1 Å². The van der Waals surface area contributed by atoms with Crippen LogP contribution in [0.4, 0.5) is 14.5 Å². The summed E-state index contributed by atoms with van der Waals surface area (Å²) < 4.78 is 39.9. The van der Waals surface area contributed by atoms with Crippen molar-refractivity contribution in [2.45, 2.75) is 19.6 Å². The molecule has 3 rings (SSSR count). The number of carbonyl (C=O) groups is 3. The van der Waals surface area contributed by atoms with Gasteiger partial charge in [-0.25, -0.2) is 4.79 Å². The number of alkyl halides is 2. The molecule has 3 aromatic carbocycles. The van der Waals surface area contributed by atoms with Crippen molar-refractivity contribution in [1.82, 2.24) is 5.32 Å². The molecule has 1 unspecified atom stereocenters. The van der Waals surface area contributed by atoms with Crippen molar-refractivity contribution in [2.75, 3.05) is 19.0 Å². The zero-order chi connectivity index (χ0) is 26.1. The number of para-hydroxylation sites is 2. The summed E-state index contributed by atoms with van der Waals surface area (Å²) in [6.45, 7) is -2.11. The van der Waals surface area contributed by atoms with Crippen molar-refractivity contribution < 1.29 is 37.4 Å². The Morgan fingerprint density at radius 3 is 2.25 bits per heavy atom. The highest BCUT2D eigenvalue weighted by Crippen LogP contribution is 2.33. The fourth-order valence-electron chi connectivity index (χ4n) is 3.33. The van der Waals surface area contributed by atoms with Crippen molar-refractivity contribution in [3.8, 4) is 11.5 Å². The number of anilines is 1. The zero-order valence-corrected chi connectivity index (χ0v) is 19.5. The Labute approximate surface area is 206 Å². The van der Waals surface area contributed by atoms with Crippen LogP contribution in [-0.2, 0) is 9.53 Å². The minimum Gasteiger partial charge on any atom is -0.493 e. The molecule has 2 amide bonds. The molecule has 0 fully saturated rings. The van der Waals surface area contributed by atoms with Gasteiger partial charge in [0.15, 0.2) is 18.1 Å². The van der Waals surface area contributed by atoms with Crippen molar-refractivity contribution in [3.63, 3.8) is 0 Å². The largest absolute Gasteiger partial charge is 0.493 e. The van der Waals surface area contributed by atoms with Gasteiger partial charge >= 0.3 is 12.6 Å². The summed E-state index contributed by atoms with van der Waals surface area (Å²) in [5.41, 5.74) is 0.990. The molecular formula is C26H24F2N2O6. The van der Waals surface area contributed by atoms with Gasteiger partial charge in [0.1, 0.15) is 5.56 Å². The third kappa shape index (κ3) is 6.78. The van der Waals surface area contributed by atoms with Crippen LogP contribution < -0.4 is 20.1 Å². The van der Waals surface area contributed by atoms with Gasteiger partial charge in [0.2, 0.25) is 0 Å². The maximum Gasteiger partial charge on any atom is 0.387 e. The summed E-state index contributed by atoms with van der Waals surface area (Å²) in [5.74, 6) is -2.82. The lowest BCUT2D eigenvalue weighted by Crippen LogP contribution is -2.28. The van der Waals surface area contributed by atoms with Crippen LogP contribution >= 0.6 is 0 Å². The fourth-order valence-corrected chi connectivity index (χ4v) is 3.33. The standard InChI is InChI=1S/C26H24F2N2O6/c1-16(17-9-4-3-5-10-17)29-24(32)18-11-6-7-13-20(18)30-22(31)15-35-25(33)19-12-8-14-21(34-2)23(19)36-26(27)28/h3-14,16,26H,15H2,1-2H3,(H,29,32)(H,30,31). The summed E-state index contributed by atoms with van der Waals surface area (Å²) in [7, 11) is 1.23. The molecule has 8 nitrogen and oxygen atoms in total. The molecule has 1 atom stereocenters. The molecule has 0 bridgehead atoms. The highest BCUT2D eigenvalue weighted by atomic mass is 19.3. The fraction of sp³-hybridized carbons (Fsp3) is 0.192. The highest BCUT2D eigenvalue weighted by molar-refractivity contribution is 6.04. The Kier molecular flexibility index (Phi) is 8.93. The van der Waals surface area contributed by atoms with E-state index in [1.807, 2.05) is 37.3 Å². The van der Waals surface area contributed by atoms with Crippen LogP contribution in [0, 0.1) is 0 Å². The van der Waals surface area contributed by atoms with Crippen molar-refractivity contribution >= 4 is 23.5 Å². The molecule has 0 saturated heterocycles. The molecule has 36 heavy (non-hydrogen) atoms. The van der Waals surface area contributed by atoms with Crippen LogP contribution in [0.3, 0.4) is 0 Å². The number of carbonyl (C=O) groups excluding carboxylic acids is 3. The summed E-state index contributed by atoms with van der Waals surface area (Å²) in [6, 6.07) is 19.3. The Morgan fingerprint density at radius 1 is 0.889 bits per heavy atom. The zero-order valence-electron chi connectivity index (χ0n) is 19.5. The second kappa shape index (κ2) is 12.3. The number of halogens is 2. The Morgan fingerprint density at radius 2 is 1.56 bits per heavy atom. The number of amides is 2. The van der Waals surface area contributed by atoms with Gasteiger partial charge in [0.25, 0.3) is 11.8 Å². The molecule has 2 N–H and O–H groups in total. The molecule has 0 saturated carbocycles. The summed E-state index contributed by atoms with van der Waals surface area (Å²) in [4.78, 5) is 37.7. The van der Waals surface area contributed by atoms with Gasteiger partial charge in [-0.15, -0.1) is 0 Å². The number of ether oxygens (including phenoxy) is 3. The van der Waals surface area contributed by atoms with Crippen LogP contribution in [0.5, 0.6) is 11.5 Å². The minimum atomic E-state index is -3.21. The first-order valence-electron chi connectivity index (χ1n) is 10.8. The van der Waals surface area contributed by atoms with E-state index in [1.165, 1.54) is 31.4 Å². The van der Waals surface area contributed by atoms with Crippen LogP contribution in [0.25, 0.3) is 0 Å². The Hall–Kier alpha value is -4.47. The second-order valence-corrected chi connectivity index (χ2v) is 7.49. The Balaban J connectivity index is 1.65. The first-order chi connectivity index (χ1) is 17.3. The number of rotatable bonds is 10. The van der Waals surface area contributed by atoms with Crippen molar-refractivity contribution in [3.05, 3.63) is 89.5 Å². The van der Waals surface area contributed by atoms with Crippen LogP contribution in [0.15, 0.2) is 72.8 Å². The molecule has 0 aliphatic heterocycles. The average molecular weight is 498 g/mol. The van der Waals surface area contributed by atoms with E-state index in [2.05, 4.69) is 15.4 Å². The third-order valence-electron chi connectivity index (χ3n) is 5.05. The van der Waals surface area contributed by atoms with E-state index in [4.69, 9.17) is 9.47 Å². The number of hydrogen-bond donors (Lipinski definition) is 2. The van der Waals surface area contributed by atoms with Gasteiger partial charge in [0, 0.05) is 0 Å². The number of nitrogens with one attached hydrogen (secondary N) is 2. The van der Waals surface area contributed by atoms with Crippen LogP contribution in [0.2, 0.25) is 0 Å². The maximum absolute atomic E-state index is 12.8. The minimum absolute atomic E-state index is 0.0983. The van der Waals surface area contributed by atoms with Gasteiger partial charge in [-0.05, 0) is 36.8 Å². The number of methoxy groups -OCH3 is 1. The van der Waals surface area contributed by atoms with Crippen molar-refractivity contribution in [2.24, 2.45) is 0 Å². The van der Waals surface area contributed by atoms with E-state index in [-0.39, 0.29) is 28.6 Å².